The number of aryl methyl sites for hydroxylation is 1. The quantitative estimate of drug-likeness (QED) is 0.346. The molecule has 0 saturated heterocycles. The zero-order valence-electron chi connectivity index (χ0n) is 19.1. The molecule has 8 nitrogen and oxygen atoms in total. The van der Waals surface area contributed by atoms with Gasteiger partial charge in [-0.15, -0.1) is 0 Å². The van der Waals surface area contributed by atoms with E-state index in [1.54, 1.807) is 48.6 Å². The van der Waals surface area contributed by atoms with E-state index in [0.29, 0.717) is 44.1 Å². The molecule has 192 valence electrons. The van der Waals surface area contributed by atoms with Crippen LogP contribution in [0.2, 0.25) is 10.0 Å². The normalized spacial score (nSPS) is 14.5. The summed E-state index contributed by atoms with van der Waals surface area (Å²) in [5.41, 5.74) is 1.14. The predicted octanol–water partition coefficient (Wildman–Crippen LogP) is 5.12. The van der Waals surface area contributed by atoms with Gasteiger partial charge in [-0.2, -0.15) is 18.2 Å². The number of aromatic nitrogens is 3. The van der Waals surface area contributed by atoms with Crippen LogP contribution in [0.1, 0.15) is 24.3 Å². The first-order valence-corrected chi connectivity index (χ1v) is 11.8. The van der Waals surface area contributed by atoms with Crippen LogP contribution in [0.3, 0.4) is 0 Å². The van der Waals surface area contributed by atoms with Crippen LogP contribution >= 0.6 is 23.2 Å². The van der Waals surface area contributed by atoms with Crippen molar-refractivity contribution < 1.29 is 27.3 Å². The van der Waals surface area contributed by atoms with Gasteiger partial charge in [0.05, 0.1) is 10.5 Å². The van der Waals surface area contributed by atoms with Crippen LogP contribution < -0.4 is 10.6 Å². The topological polar surface area (TPSA) is 102 Å². The van der Waals surface area contributed by atoms with Crippen LogP contribution in [0.4, 0.5) is 13.2 Å². The molecule has 5 rings (SSSR count). The molecule has 37 heavy (non-hydrogen) atoms. The highest BCUT2D eigenvalue weighted by atomic mass is 35.5. The number of nitrogens with zero attached hydrogens (tertiary/aromatic N) is 3. The second-order valence-electron chi connectivity index (χ2n) is 8.68. The van der Waals surface area contributed by atoms with Crippen molar-refractivity contribution in [3.63, 3.8) is 0 Å². The minimum Gasteiger partial charge on any atom is -0.350 e. The lowest BCUT2D eigenvalue weighted by molar-refractivity contribution is -0.175. The number of fused-ring (bicyclic) bond motifs is 1. The molecule has 2 heterocycles. The first-order valence-electron chi connectivity index (χ1n) is 11.1. The molecule has 2 N–H and O–H groups in total. The third-order valence-corrected chi connectivity index (χ3v) is 6.67. The summed E-state index contributed by atoms with van der Waals surface area (Å²) < 4.78 is 44.7. The Kier molecular flexibility index (Phi) is 6.15. The summed E-state index contributed by atoms with van der Waals surface area (Å²) in [5.74, 6) is -2.13. The molecule has 0 bridgehead atoms. The van der Waals surface area contributed by atoms with E-state index in [1.165, 1.54) is 0 Å². The number of alkyl halides is 3. The number of carbonyl (C=O) groups is 2. The van der Waals surface area contributed by atoms with Gasteiger partial charge in [-0.1, -0.05) is 40.5 Å². The average Bonchev–Trinajstić information content (AvgIpc) is 3.42. The van der Waals surface area contributed by atoms with Crippen LogP contribution in [-0.2, 0) is 16.1 Å². The number of nitrogens with one attached hydrogen (secondary N) is 2. The average molecular weight is 552 g/mol. The molecule has 1 saturated carbocycles. The number of amides is 2. The van der Waals surface area contributed by atoms with Gasteiger partial charge in [0, 0.05) is 29.6 Å². The van der Waals surface area contributed by atoms with Crippen molar-refractivity contribution in [3.8, 4) is 17.2 Å². The maximum absolute atomic E-state index is 12.6. The van der Waals surface area contributed by atoms with Gasteiger partial charge >= 0.3 is 12.1 Å². The zero-order chi connectivity index (χ0) is 26.5. The van der Waals surface area contributed by atoms with E-state index in [2.05, 4.69) is 15.5 Å². The fourth-order valence-corrected chi connectivity index (χ4v) is 4.52. The monoisotopic (exact) mass is 551 g/mol. The zero-order valence-corrected chi connectivity index (χ0v) is 20.6. The molecule has 2 amide bonds. The van der Waals surface area contributed by atoms with Gasteiger partial charge in [0.15, 0.2) is 0 Å². The number of hydrogen-bond acceptors (Lipinski definition) is 5. The Labute approximate surface area is 217 Å². The minimum absolute atomic E-state index is 0.0580. The van der Waals surface area contributed by atoms with E-state index in [9.17, 15) is 22.8 Å². The molecule has 0 aliphatic heterocycles. The Hall–Kier alpha value is -3.57. The van der Waals surface area contributed by atoms with Crippen molar-refractivity contribution in [2.45, 2.75) is 38.0 Å². The molecular weight excluding hydrogens is 534 g/mol. The van der Waals surface area contributed by atoms with Gasteiger partial charge < -0.3 is 19.7 Å². The number of benzene rings is 2. The number of rotatable bonds is 6. The SMILES string of the molecule is Cc1nc(-c2c(Cl)c3cc(Cl)ccc3n2-c2ccc(CNC(=O)C3(NC(=O)C(F)(F)F)CC3)cc2)no1. The summed E-state index contributed by atoms with van der Waals surface area (Å²) in [6.07, 6.45) is -4.77. The standard InChI is InChI=1S/C24H18Cl2F3N5O3/c1-12-31-20(33-37-12)19-18(26)16-10-14(25)4-7-17(16)34(19)15-5-2-13(3-6-15)11-30-21(35)23(8-9-23)32-22(36)24(27,28)29/h2-7,10H,8-9,11H2,1H3,(H,30,35)(H,32,36). The fraction of sp³-hybridized carbons (Fsp3) is 0.250. The molecule has 2 aromatic carbocycles. The van der Waals surface area contributed by atoms with Crippen LogP contribution in [0.15, 0.2) is 47.0 Å². The summed E-state index contributed by atoms with van der Waals surface area (Å²) in [5, 5.41) is 10.0. The van der Waals surface area contributed by atoms with Crippen molar-refractivity contribution in [1.82, 2.24) is 25.3 Å². The first kappa shape index (κ1) is 25.1. The van der Waals surface area contributed by atoms with Crippen molar-refractivity contribution >= 4 is 45.9 Å². The molecule has 1 aliphatic rings. The smallest absolute Gasteiger partial charge is 0.350 e. The number of halogens is 5. The largest absolute Gasteiger partial charge is 0.471 e. The fourth-order valence-electron chi connectivity index (χ4n) is 4.02. The summed E-state index contributed by atoms with van der Waals surface area (Å²) in [6.45, 7) is 1.72. The van der Waals surface area contributed by atoms with Crippen LogP contribution in [0.5, 0.6) is 0 Å². The summed E-state index contributed by atoms with van der Waals surface area (Å²) >= 11 is 12.9. The molecule has 0 atom stereocenters. The van der Waals surface area contributed by atoms with Crippen LogP contribution in [-0.4, -0.2) is 38.2 Å². The first-order chi connectivity index (χ1) is 17.5. The third-order valence-electron chi connectivity index (χ3n) is 6.05. The summed E-state index contributed by atoms with van der Waals surface area (Å²) in [7, 11) is 0. The molecule has 1 fully saturated rings. The van der Waals surface area contributed by atoms with E-state index in [4.69, 9.17) is 27.7 Å². The molecule has 0 spiro atoms. The van der Waals surface area contributed by atoms with Gasteiger partial charge in [0.25, 0.3) is 0 Å². The molecule has 2 aromatic heterocycles. The van der Waals surface area contributed by atoms with Gasteiger partial charge in [-0.25, -0.2) is 0 Å². The summed E-state index contributed by atoms with van der Waals surface area (Å²) in [6, 6.07) is 12.4. The Morgan fingerprint density at radius 2 is 1.84 bits per heavy atom. The predicted molar refractivity (Wildman–Crippen MR) is 129 cm³/mol. The van der Waals surface area contributed by atoms with E-state index in [-0.39, 0.29) is 19.4 Å². The van der Waals surface area contributed by atoms with Crippen LogP contribution in [0, 0.1) is 6.92 Å². The molecule has 0 unspecified atom stereocenters. The second kappa shape index (κ2) is 9.07. The number of hydrogen-bond donors (Lipinski definition) is 2. The molecular formula is C24H18Cl2F3N5O3. The van der Waals surface area contributed by atoms with Gasteiger partial charge in [-0.3, -0.25) is 9.59 Å². The van der Waals surface area contributed by atoms with Crippen molar-refractivity contribution in [1.29, 1.82) is 0 Å². The van der Waals surface area contributed by atoms with E-state index >= 15 is 0 Å². The van der Waals surface area contributed by atoms with E-state index in [1.807, 2.05) is 10.6 Å². The second-order valence-corrected chi connectivity index (χ2v) is 9.49. The summed E-state index contributed by atoms with van der Waals surface area (Å²) in [4.78, 5) is 28.1. The van der Waals surface area contributed by atoms with E-state index < -0.39 is 23.5 Å². The minimum atomic E-state index is -5.05. The Morgan fingerprint density at radius 3 is 2.43 bits per heavy atom. The van der Waals surface area contributed by atoms with Crippen molar-refractivity contribution in [2.24, 2.45) is 0 Å². The van der Waals surface area contributed by atoms with Crippen molar-refractivity contribution in [3.05, 3.63) is 64.0 Å². The van der Waals surface area contributed by atoms with Gasteiger partial charge in [0.1, 0.15) is 11.2 Å². The Bertz CT molecular complexity index is 1530. The highest BCUT2D eigenvalue weighted by molar-refractivity contribution is 6.39. The lowest BCUT2D eigenvalue weighted by atomic mass is 10.1. The Morgan fingerprint density at radius 1 is 1.14 bits per heavy atom. The molecule has 13 heteroatoms. The van der Waals surface area contributed by atoms with Crippen molar-refractivity contribution in [2.75, 3.05) is 0 Å². The maximum atomic E-state index is 12.6. The van der Waals surface area contributed by atoms with Gasteiger partial charge in [-0.05, 0) is 48.7 Å². The van der Waals surface area contributed by atoms with E-state index in [0.717, 1.165) is 5.52 Å². The highest BCUT2D eigenvalue weighted by Gasteiger charge is 2.54. The highest BCUT2D eigenvalue weighted by Crippen LogP contribution is 2.40. The Balaban J connectivity index is 1.39. The molecule has 4 aromatic rings. The lowest BCUT2D eigenvalue weighted by Gasteiger charge is -2.18. The molecule has 0 radical (unpaired) electrons. The third kappa shape index (κ3) is 4.76. The molecule has 1 aliphatic carbocycles. The lowest BCUT2D eigenvalue weighted by Crippen LogP contribution is -2.52. The van der Waals surface area contributed by atoms with Crippen LogP contribution in [0.25, 0.3) is 28.1 Å². The number of carbonyl (C=O) groups excluding carboxylic acids is 2. The van der Waals surface area contributed by atoms with Gasteiger partial charge in [0.2, 0.25) is 17.6 Å². The maximum Gasteiger partial charge on any atom is 0.471 e.